The van der Waals surface area contributed by atoms with Gasteiger partial charge in [0.1, 0.15) is 13.2 Å². The normalized spacial score (nSPS) is 17.3. The van der Waals surface area contributed by atoms with Gasteiger partial charge in [-0.1, -0.05) is 0 Å². The van der Waals surface area contributed by atoms with Gasteiger partial charge in [0.05, 0.1) is 0 Å². The number of rotatable bonds is 4. The van der Waals surface area contributed by atoms with Crippen molar-refractivity contribution in [3.05, 3.63) is 0 Å². The molecular weight excluding hydrogens is 190 g/mol. The van der Waals surface area contributed by atoms with Crippen molar-refractivity contribution in [3.63, 3.8) is 0 Å². The molecule has 1 aliphatic heterocycles. The first kappa shape index (κ1) is 10.6. The fraction of sp³-hybridized carbons (Fsp3) is 0.625. The number of hydrogen-bond acceptors (Lipinski definition) is 4. The second-order valence-electron chi connectivity index (χ2n) is 2.93. The molecule has 6 heteroatoms. The number of morpholine rings is 1. The zero-order valence-electron chi connectivity index (χ0n) is 7.56. The molecule has 0 radical (unpaired) electrons. The van der Waals surface area contributed by atoms with E-state index >= 15 is 0 Å². The first-order valence-electron chi connectivity index (χ1n) is 4.24. The molecule has 78 valence electrons. The number of aliphatic carboxylic acids is 1. The standard InChI is InChI=1S/C8H11NO5/c10-6-4-14-5-7(11)9(6)3-1-2-8(12)13/h1-5H2,(H,12,13). The van der Waals surface area contributed by atoms with E-state index in [0.717, 1.165) is 4.90 Å². The van der Waals surface area contributed by atoms with Crippen molar-refractivity contribution in [2.75, 3.05) is 19.8 Å². The lowest BCUT2D eigenvalue weighted by Gasteiger charge is -2.24. The number of nitrogens with zero attached hydrogens (tertiary/aromatic N) is 1. The van der Waals surface area contributed by atoms with Crippen molar-refractivity contribution in [2.45, 2.75) is 12.8 Å². The summed E-state index contributed by atoms with van der Waals surface area (Å²) in [7, 11) is 0. The summed E-state index contributed by atoms with van der Waals surface area (Å²) in [6.45, 7) is -0.0368. The van der Waals surface area contributed by atoms with Gasteiger partial charge in [-0.2, -0.15) is 0 Å². The second kappa shape index (κ2) is 4.71. The first-order valence-corrected chi connectivity index (χ1v) is 4.24. The Bertz CT molecular complexity index is 246. The predicted molar refractivity (Wildman–Crippen MR) is 44.4 cm³/mol. The third-order valence-corrected chi connectivity index (χ3v) is 1.83. The molecular formula is C8H11NO5. The molecule has 1 saturated heterocycles. The van der Waals surface area contributed by atoms with Crippen LogP contribution in [0.2, 0.25) is 0 Å². The fourth-order valence-corrected chi connectivity index (χ4v) is 1.16. The highest BCUT2D eigenvalue weighted by Crippen LogP contribution is 2.03. The summed E-state index contributed by atoms with van der Waals surface area (Å²) in [6, 6.07) is 0. The molecule has 0 aromatic heterocycles. The van der Waals surface area contributed by atoms with Crippen LogP contribution in [0.3, 0.4) is 0 Å². The van der Waals surface area contributed by atoms with Gasteiger partial charge in [0.15, 0.2) is 0 Å². The van der Waals surface area contributed by atoms with Crippen LogP contribution in [0.5, 0.6) is 0 Å². The number of amides is 2. The molecule has 6 nitrogen and oxygen atoms in total. The number of hydrogen-bond donors (Lipinski definition) is 1. The summed E-state index contributed by atoms with van der Waals surface area (Å²) in [5, 5.41) is 8.36. The molecule has 0 aromatic carbocycles. The molecule has 1 N–H and O–H groups in total. The van der Waals surface area contributed by atoms with E-state index in [0.29, 0.717) is 0 Å². The van der Waals surface area contributed by atoms with Gasteiger partial charge in [0.25, 0.3) is 11.8 Å². The highest BCUT2D eigenvalue weighted by molar-refractivity contribution is 5.98. The van der Waals surface area contributed by atoms with E-state index in [-0.39, 0.29) is 32.6 Å². The van der Waals surface area contributed by atoms with Crippen LogP contribution in [-0.4, -0.2) is 47.5 Å². The van der Waals surface area contributed by atoms with Crippen molar-refractivity contribution in [2.24, 2.45) is 0 Å². The van der Waals surface area contributed by atoms with Crippen molar-refractivity contribution >= 4 is 17.8 Å². The number of imide groups is 1. The Labute approximate surface area is 80.4 Å². The van der Waals surface area contributed by atoms with Gasteiger partial charge >= 0.3 is 5.97 Å². The van der Waals surface area contributed by atoms with E-state index in [1.165, 1.54) is 0 Å². The van der Waals surface area contributed by atoms with Crippen LogP contribution >= 0.6 is 0 Å². The number of carbonyl (C=O) groups excluding carboxylic acids is 2. The summed E-state index contributed by atoms with van der Waals surface area (Å²) >= 11 is 0. The smallest absolute Gasteiger partial charge is 0.303 e. The van der Waals surface area contributed by atoms with E-state index in [4.69, 9.17) is 9.84 Å². The SMILES string of the molecule is O=C(O)CCCN1C(=O)COCC1=O. The molecule has 0 spiro atoms. The maximum atomic E-state index is 11.1. The van der Waals surface area contributed by atoms with Gasteiger partial charge < -0.3 is 9.84 Å². The van der Waals surface area contributed by atoms with Crippen LogP contribution in [-0.2, 0) is 19.1 Å². The average molecular weight is 201 g/mol. The van der Waals surface area contributed by atoms with Crippen molar-refractivity contribution in [1.82, 2.24) is 4.90 Å². The van der Waals surface area contributed by atoms with Gasteiger partial charge in [-0.05, 0) is 6.42 Å². The molecule has 1 fully saturated rings. The molecule has 1 heterocycles. The molecule has 0 unspecified atom stereocenters. The fourth-order valence-electron chi connectivity index (χ4n) is 1.16. The Kier molecular flexibility index (Phi) is 3.58. The van der Waals surface area contributed by atoms with Crippen molar-refractivity contribution < 1.29 is 24.2 Å². The van der Waals surface area contributed by atoms with Crippen LogP contribution < -0.4 is 0 Å². The minimum atomic E-state index is -0.932. The van der Waals surface area contributed by atoms with Crippen molar-refractivity contribution in [3.8, 4) is 0 Å². The zero-order valence-corrected chi connectivity index (χ0v) is 7.56. The van der Waals surface area contributed by atoms with Gasteiger partial charge in [-0.15, -0.1) is 0 Å². The van der Waals surface area contributed by atoms with Crippen LogP contribution in [0.15, 0.2) is 0 Å². The number of ether oxygens (including phenoxy) is 1. The van der Waals surface area contributed by atoms with E-state index < -0.39 is 17.8 Å². The lowest BCUT2D eigenvalue weighted by molar-refractivity contribution is -0.159. The maximum Gasteiger partial charge on any atom is 0.303 e. The van der Waals surface area contributed by atoms with Gasteiger partial charge in [0, 0.05) is 13.0 Å². The van der Waals surface area contributed by atoms with Crippen LogP contribution in [0, 0.1) is 0 Å². The van der Waals surface area contributed by atoms with Crippen LogP contribution in [0.25, 0.3) is 0 Å². The summed E-state index contributed by atoms with van der Waals surface area (Å²) in [6.07, 6.45) is 0.241. The quantitative estimate of drug-likeness (QED) is 0.604. The molecule has 14 heavy (non-hydrogen) atoms. The monoisotopic (exact) mass is 201 g/mol. The Hall–Kier alpha value is -1.43. The average Bonchev–Trinajstić information content (AvgIpc) is 2.09. The van der Waals surface area contributed by atoms with Gasteiger partial charge in [-0.25, -0.2) is 0 Å². The number of carboxylic acid groups (broad SMARTS) is 1. The Morgan fingerprint density at radius 2 is 1.93 bits per heavy atom. The highest BCUT2D eigenvalue weighted by Gasteiger charge is 2.25. The topological polar surface area (TPSA) is 83.9 Å². The Morgan fingerprint density at radius 3 is 2.43 bits per heavy atom. The maximum absolute atomic E-state index is 11.1. The third kappa shape index (κ3) is 2.81. The lowest BCUT2D eigenvalue weighted by atomic mass is 10.2. The molecule has 0 bridgehead atoms. The third-order valence-electron chi connectivity index (χ3n) is 1.83. The van der Waals surface area contributed by atoms with Crippen LogP contribution in [0.1, 0.15) is 12.8 Å². The highest BCUT2D eigenvalue weighted by atomic mass is 16.5. The van der Waals surface area contributed by atoms with E-state index in [1.54, 1.807) is 0 Å². The number of carboxylic acids is 1. The predicted octanol–water partition coefficient (Wildman–Crippen LogP) is -0.763. The molecule has 0 aromatic rings. The zero-order chi connectivity index (χ0) is 10.6. The molecule has 0 aliphatic carbocycles. The molecule has 1 rings (SSSR count). The Morgan fingerprint density at radius 1 is 1.36 bits per heavy atom. The van der Waals surface area contributed by atoms with E-state index in [1.807, 2.05) is 0 Å². The second-order valence-corrected chi connectivity index (χ2v) is 2.93. The first-order chi connectivity index (χ1) is 6.61. The summed E-state index contributed by atoms with van der Waals surface area (Å²) in [4.78, 5) is 33.5. The lowest BCUT2D eigenvalue weighted by Crippen LogP contribution is -2.46. The number of carbonyl (C=O) groups is 3. The minimum Gasteiger partial charge on any atom is -0.481 e. The molecule has 2 amide bonds. The summed E-state index contributed by atoms with van der Waals surface area (Å²) in [5.41, 5.74) is 0. The van der Waals surface area contributed by atoms with E-state index in [2.05, 4.69) is 0 Å². The molecule has 0 atom stereocenters. The summed E-state index contributed by atoms with van der Waals surface area (Å²) in [5.74, 6) is -1.73. The van der Waals surface area contributed by atoms with E-state index in [9.17, 15) is 14.4 Å². The largest absolute Gasteiger partial charge is 0.481 e. The van der Waals surface area contributed by atoms with Crippen LogP contribution in [0.4, 0.5) is 0 Å². The van der Waals surface area contributed by atoms with Gasteiger partial charge in [0.2, 0.25) is 0 Å². The Balaban J connectivity index is 2.37. The van der Waals surface area contributed by atoms with Crippen molar-refractivity contribution in [1.29, 1.82) is 0 Å². The molecule has 0 saturated carbocycles. The summed E-state index contributed by atoms with van der Waals surface area (Å²) < 4.78 is 4.69. The minimum absolute atomic E-state index is 0.0437. The van der Waals surface area contributed by atoms with Gasteiger partial charge in [-0.3, -0.25) is 19.3 Å². The molecule has 1 aliphatic rings.